The fourth-order valence-corrected chi connectivity index (χ4v) is 5.11. The Morgan fingerprint density at radius 3 is 3.04 bits per heavy atom. The number of thiophene rings is 1. The third-order valence-corrected chi connectivity index (χ3v) is 6.93. The standard InChI is InChI=1S/C20H30N6S.HI/c1-15(25-8-5-19-17(14-25)6-9-27-19)10-22-20(21-2)26-7-4-16(13-26)18-11-23-24(3)12-18;/h6,9,11-12,15-16H,4-5,7-8,10,13-14H2,1-3H3,(H,21,22);1H. The van der Waals surface area contributed by atoms with Gasteiger partial charge in [0, 0.05) is 69.9 Å². The Bertz CT molecular complexity index is 800. The van der Waals surface area contributed by atoms with Crippen LogP contribution in [-0.4, -0.2) is 64.8 Å². The third kappa shape index (κ3) is 4.71. The van der Waals surface area contributed by atoms with Crippen molar-refractivity contribution in [3.8, 4) is 0 Å². The zero-order valence-electron chi connectivity index (χ0n) is 17.0. The van der Waals surface area contributed by atoms with E-state index in [4.69, 9.17) is 0 Å². The lowest BCUT2D eigenvalue weighted by molar-refractivity contribution is 0.192. The molecule has 2 aromatic heterocycles. The van der Waals surface area contributed by atoms with E-state index in [1.807, 2.05) is 36.3 Å². The molecule has 0 bridgehead atoms. The van der Waals surface area contributed by atoms with Gasteiger partial charge in [-0.2, -0.15) is 5.10 Å². The summed E-state index contributed by atoms with van der Waals surface area (Å²) >= 11 is 1.90. The van der Waals surface area contributed by atoms with Gasteiger partial charge >= 0.3 is 0 Å². The highest BCUT2D eigenvalue weighted by Crippen LogP contribution is 2.27. The quantitative estimate of drug-likeness (QED) is 0.388. The van der Waals surface area contributed by atoms with Crippen molar-refractivity contribution < 1.29 is 0 Å². The number of aromatic nitrogens is 2. The molecule has 4 rings (SSSR count). The van der Waals surface area contributed by atoms with Gasteiger partial charge in [0.25, 0.3) is 0 Å². The largest absolute Gasteiger partial charge is 0.355 e. The highest BCUT2D eigenvalue weighted by Gasteiger charge is 2.27. The summed E-state index contributed by atoms with van der Waals surface area (Å²) in [5.74, 6) is 1.58. The van der Waals surface area contributed by atoms with Crippen LogP contribution in [0, 0.1) is 0 Å². The van der Waals surface area contributed by atoms with Gasteiger partial charge in [0.05, 0.1) is 6.20 Å². The van der Waals surface area contributed by atoms with Gasteiger partial charge in [-0.3, -0.25) is 14.6 Å². The first-order chi connectivity index (χ1) is 13.1. The molecule has 154 valence electrons. The van der Waals surface area contributed by atoms with E-state index >= 15 is 0 Å². The predicted molar refractivity (Wildman–Crippen MR) is 127 cm³/mol. The van der Waals surface area contributed by atoms with Gasteiger partial charge in [-0.25, -0.2) is 0 Å². The normalized spacial score (nSPS) is 21.3. The van der Waals surface area contributed by atoms with Crippen LogP contribution in [0.4, 0.5) is 0 Å². The molecule has 2 unspecified atom stereocenters. The molecule has 0 aromatic carbocycles. The number of rotatable bonds is 4. The Labute approximate surface area is 189 Å². The Hall–Kier alpha value is -1.13. The number of hydrogen-bond donors (Lipinski definition) is 1. The lowest BCUT2D eigenvalue weighted by Gasteiger charge is -2.33. The molecule has 1 saturated heterocycles. The minimum atomic E-state index is 0. The van der Waals surface area contributed by atoms with Crippen molar-refractivity contribution in [2.24, 2.45) is 12.0 Å². The average molecular weight is 514 g/mol. The maximum absolute atomic E-state index is 4.54. The summed E-state index contributed by atoms with van der Waals surface area (Å²) in [4.78, 5) is 11.1. The number of aliphatic imine (C=N–C) groups is 1. The Balaban J connectivity index is 0.00000225. The van der Waals surface area contributed by atoms with E-state index in [0.29, 0.717) is 12.0 Å². The van der Waals surface area contributed by atoms with Crippen molar-refractivity contribution >= 4 is 41.3 Å². The highest BCUT2D eigenvalue weighted by atomic mass is 127. The van der Waals surface area contributed by atoms with E-state index in [1.54, 1.807) is 4.88 Å². The molecule has 28 heavy (non-hydrogen) atoms. The van der Waals surface area contributed by atoms with E-state index in [0.717, 1.165) is 45.1 Å². The van der Waals surface area contributed by atoms with Gasteiger partial charge in [0.2, 0.25) is 0 Å². The first kappa shape index (κ1) is 21.6. The Morgan fingerprint density at radius 2 is 2.29 bits per heavy atom. The van der Waals surface area contributed by atoms with Crippen LogP contribution in [0.1, 0.15) is 35.3 Å². The van der Waals surface area contributed by atoms with Crippen molar-refractivity contribution in [1.29, 1.82) is 0 Å². The van der Waals surface area contributed by atoms with Crippen molar-refractivity contribution in [1.82, 2.24) is 24.9 Å². The molecule has 0 radical (unpaired) electrons. The predicted octanol–water partition coefficient (Wildman–Crippen LogP) is 2.91. The van der Waals surface area contributed by atoms with Crippen LogP contribution in [-0.2, 0) is 20.0 Å². The molecule has 2 aliphatic rings. The third-order valence-electron chi connectivity index (χ3n) is 5.91. The number of guanidine groups is 1. The number of hydrogen-bond acceptors (Lipinski definition) is 4. The highest BCUT2D eigenvalue weighted by molar-refractivity contribution is 14.0. The SMILES string of the molecule is CN=C(NCC(C)N1CCc2sccc2C1)N1CCC(c2cnn(C)c2)C1.I. The van der Waals surface area contributed by atoms with Crippen molar-refractivity contribution in [2.75, 3.05) is 33.2 Å². The molecular formula is C20H31IN6S. The Morgan fingerprint density at radius 1 is 1.43 bits per heavy atom. The van der Waals surface area contributed by atoms with E-state index in [9.17, 15) is 0 Å². The molecule has 0 aliphatic carbocycles. The molecule has 8 heteroatoms. The lowest BCUT2D eigenvalue weighted by Crippen LogP contribution is -2.47. The van der Waals surface area contributed by atoms with Crippen LogP contribution in [0.5, 0.6) is 0 Å². The van der Waals surface area contributed by atoms with Gasteiger partial charge in [0.1, 0.15) is 0 Å². The van der Waals surface area contributed by atoms with Crippen molar-refractivity contribution in [3.63, 3.8) is 0 Å². The topological polar surface area (TPSA) is 48.7 Å². The molecule has 1 fully saturated rings. The number of halogens is 1. The van der Waals surface area contributed by atoms with E-state index in [-0.39, 0.29) is 24.0 Å². The van der Waals surface area contributed by atoms with Crippen LogP contribution >= 0.6 is 35.3 Å². The van der Waals surface area contributed by atoms with Gasteiger partial charge in [-0.05, 0) is 42.3 Å². The van der Waals surface area contributed by atoms with Gasteiger partial charge < -0.3 is 10.2 Å². The van der Waals surface area contributed by atoms with Gasteiger partial charge in [0.15, 0.2) is 5.96 Å². The molecule has 2 atom stereocenters. The minimum absolute atomic E-state index is 0. The molecule has 6 nitrogen and oxygen atoms in total. The summed E-state index contributed by atoms with van der Waals surface area (Å²) < 4.78 is 1.89. The van der Waals surface area contributed by atoms with Crippen LogP contribution in [0.15, 0.2) is 28.8 Å². The smallest absolute Gasteiger partial charge is 0.193 e. The second-order valence-corrected chi connectivity index (χ2v) is 8.75. The summed E-state index contributed by atoms with van der Waals surface area (Å²) in [6.45, 7) is 7.55. The summed E-state index contributed by atoms with van der Waals surface area (Å²) in [7, 11) is 3.88. The summed E-state index contributed by atoms with van der Waals surface area (Å²) in [5.41, 5.74) is 2.85. The number of nitrogens with one attached hydrogen (secondary N) is 1. The first-order valence-corrected chi connectivity index (χ1v) is 10.8. The molecule has 2 aromatic rings. The van der Waals surface area contributed by atoms with Crippen molar-refractivity contribution in [3.05, 3.63) is 39.8 Å². The summed E-state index contributed by atoms with van der Waals surface area (Å²) in [6.07, 6.45) is 6.49. The fourth-order valence-electron chi connectivity index (χ4n) is 4.22. The molecule has 1 N–H and O–H groups in total. The van der Waals surface area contributed by atoms with Crippen LogP contribution < -0.4 is 5.32 Å². The van der Waals surface area contributed by atoms with E-state index < -0.39 is 0 Å². The second-order valence-electron chi connectivity index (χ2n) is 7.75. The zero-order valence-corrected chi connectivity index (χ0v) is 20.1. The Kier molecular flexibility index (Phi) is 7.38. The van der Waals surface area contributed by atoms with Gasteiger partial charge in [-0.1, -0.05) is 0 Å². The fraction of sp³-hybridized carbons (Fsp3) is 0.600. The molecule has 0 amide bonds. The molecule has 0 saturated carbocycles. The maximum atomic E-state index is 4.54. The monoisotopic (exact) mass is 514 g/mol. The van der Waals surface area contributed by atoms with Crippen LogP contribution in [0.3, 0.4) is 0 Å². The molecular weight excluding hydrogens is 483 g/mol. The number of fused-ring (bicyclic) bond motifs is 1. The minimum Gasteiger partial charge on any atom is -0.355 e. The van der Waals surface area contributed by atoms with Crippen LogP contribution in [0.2, 0.25) is 0 Å². The maximum Gasteiger partial charge on any atom is 0.193 e. The van der Waals surface area contributed by atoms with Crippen molar-refractivity contribution in [2.45, 2.75) is 38.3 Å². The first-order valence-electron chi connectivity index (χ1n) is 9.87. The number of aryl methyl sites for hydroxylation is 1. The number of nitrogens with zero attached hydrogens (tertiary/aromatic N) is 5. The second kappa shape index (κ2) is 9.58. The average Bonchev–Trinajstić information content (AvgIpc) is 3.41. The molecule has 2 aliphatic heterocycles. The summed E-state index contributed by atoms with van der Waals surface area (Å²) in [5, 5.41) is 10.2. The van der Waals surface area contributed by atoms with E-state index in [1.165, 1.54) is 17.5 Å². The van der Waals surface area contributed by atoms with E-state index in [2.05, 4.69) is 49.8 Å². The van der Waals surface area contributed by atoms with Gasteiger partial charge in [-0.15, -0.1) is 35.3 Å². The lowest BCUT2D eigenvalue weighted by atomic mass is 10.0. The molecule has 0 spiro atoms. The molecule has 4 heterocycles. The van der Waals surface area contributed by atoms with Crippen LogP contribution in [0.25, 0.3) is 0 Å². The summed E-state index contributed by atoms with van der Waals surface area (Å²) in [6, 6.07) is 2.78. The number of likely N-dealkylation sites (tertiary alicyclic amines) is 1. The zero-order chi connectivity index (χ0) is 18.8.